The summed E-state index contributed by atoms with van der Waals surface area (Å²) in [5, 5.41) is 28.1. The zero-order valence-electron chi connectivity index (χ0n) is 10.4. The smallest absolute Gasteiger partial charge is 0.197 e. The van der Waals surface area contributed by atoms with E-state index in [-0.39, 0.29) is 22.3 Å². The van der Waals surface area contributed by atoms with Crippen molar-refractivity contribution in [3.05, 3.63) is 70.8 Å². The second kappa shape index (κ2) is 5.79. The third-order valence-corrected chi connectivity index (χ3v) is 2.94. The van der Waals surface area contributed by atoms with Gasteiger partial charge >= 0.3 is 0 Å². The molecule has 0 aliphatic rings. The summed E-state index contributed by atoms with van der Waals surface area (Å²) in [7, 11) is 0. The van der Waals surface area contributed by atoms with Gasteiger partial charge in [0.1, 0.15) is 6.10 Å². The maximum atomic E-state index is 12.3. The number of aliphatic hydroxyl groups excluding tert-OH is 1. The van der Waals surface area contributed by atoms with Crippen molar-refractivity contribution in [1.29, 1.82) is 10.5 Å². The van der Waals surface area contributed by atoms with E-state index in [9.17, 15) is 9.90 Å². The summed E-state index contributed by atoms with van der Waals surface area (Å²) >= 11 is 0. The predicted octanol–water partition coefficient (Wildman–Crippen LogP) is 2.35. The molecule has 0 fully saturated rings. The van der Waals surface area contributed by atoms with Gasteiger partial charge in [-0.1, -0.05) is 30.3 Å². The minimum absolute atomic E-state index is 0.148. The lowest BCUT2D eigenvalue weighted by Gasteiger charge is -2.12. The van der Waals surface area contributed by atoms with E-state index in [4.69, 9.17) is 10.5 Å². The minimum Gasteiger partial charge on any atom is -0.380 e. The molecular formula is C16H10N2O2. The van der Waals surface area contributed by atoms with Crippen LogP contribution in [0.4, 0.5) is 0 Å². The average molecular weight is 262 g/mol. The molecule has 2 rings (SSSR count). The second-order valence-corrected chi connectivity index (χ2v) is 4.12. The normalized spacial score (nSPS) is 11.2. The number of nitriles is 2. The summed E-state index contributed by atoms with van der Waals surface area (Å²) in [6, 6.07) is 16.5. The number of nitrogens with zero attached hydrogens (tertiary/aromatic N) is 2. The monoisotopic (exact) mass is 262 g/mol. The van der Waals surface area contributed by atoms with Crippen molar-refractivity contribution in [2.75, 3.05) is 0 Å². The first-order chi connectivity index (χ1) is 9.69. The van der Waals surface area contributed by atoms with Gasteiger partial charge in [-0.15, -0.1) is 0 Å². The molecule has 0 bridgehead atoms. The van der Waals surface area contributed by atoms with Crippen LogP contribution in [0.1, 0.15) is 33.2 Å². The van der Waals surface area contributed by atoms with Crippen LogP contribution in [0.15, 0.2) is 48.5 Å². The third kappa shape index (κ3) is 2.42. The number of rotatable bonds is 3. The fraction of sp³-hybridized carbons (Fsp3) is 0.0625. The molecule has 4 nitrogen and oxygen atoms in total. The van der Waals surface area contributed by atoms with E-state index in [1.807, 2.05) is 12.1 Å². The van der Waals surface area contributed by atoms with Gasteiger partial charge in [-0.25, -0.2) is 0 Å². The number of hydrogen-bond donors (Lipinski definition) is 1. The first kappa shape index (κ1) is 13.5. The lowest BCUT2D eigenvalue weighted by Crippen LogP contribution is -2.14. The maximum absolute atomic E-state index is 12.3. The van der Waals surface area contributed by atoms with Gasteiger partial charge in [0.05, 0.1) is 23.3 Å². The predicted molar refractivity (Wildman–Crippen MR) is 71.6 cm³/mol. The highest BCUT2D eigenvalue weighted by atomic mass is 16.3. The van der Waals surface area contributed by atoms with Gasteiger partial charge in [0, 0.05) is 11.1 Å². The Labute approximate surface area is 116 Å². The largest absolute Gasteiger partial charge is 0.380 e. The minimum atomic E-state index is -1.46. The van der Waals surface area contributed by atoms with Gasteiger partial charge in [0.2, 0.25) is 0 Å². The van der Waals surface area contributed by atoms with Crippen LogP contribution in [-0.4, -0.2) is 10.9 Å². The van der Waals surface area contributed by atoms with Crippen LogP contribution in [0.2, 0.25) is 0 Å². The molecule has 2 aromatic rings. The first-order valence-corrected chi connectivity index (χ1v) is 5.89. The van der Waals surface area contributed by atoms with Crippen LogP contribution in [-0.2, 0) is 0 Å². The van der Waals surface area contributed by atoms with Crippen LogP contribution < -0.4 is 0 Å². The summed E-state index contributed by atoms with van der Waals surface area (Å²) < 4.78 is 0. The van der Waals surface area contributed by atoms with Crippen molar-refractivity contribution >= 4 is 5.78 Å². The fourth-order valence-corrected chi connectivity index (χ4v) is 1.92. The standard InChI is InChI=1S/C16H10N2O2/c17-9-11-5-1-3-7-13(11)15(19)16(20)14-8-4-2-6-12(14)10-18/h1-8,15,19H/t15-/m1/s1. The van der Waals surface area contributed by atoms with Crippen molar-refractivity contribution in [1.82, 2.24) is 0 Å². The van der Waals surface area contributed by atoms with Crippen LogP contribution in [0.25, 0.3) is 0 Å². The van der Waals surface area contributed by atoms with Crippen molar-refractivity contribution in [2.45, 2.75) is 6.10 Å². The van der Waals surface area contributed by atoms with Crippen molar-refractivity contribution < 1.29 is 9.90 Å². The number of aliphatic hydroxyl groups is 1. The summed E-state index contributed by atoms with van der Waals surface area (Å²) in [5.74, 6) is -0.593. The number of Topliss-reactive ketones (excluding diaryl/α,β-unsaturated/α-hetero) is 1. The molecule has 0 spiro atoms. The van der Waals surface area contributed by atoms with E-state index in [0.29, 0.717) is 0 Å². The zero-order valence-corrected chi connectivity index (χ0v) is 10.4. The molecule has 0 amide bonds. The Hall–Kier alpha value is -2.95. The molecule has 0 aromatic heterocycles. The lowest BCUT2D eigenvalue weighted by molar-refractivity contribution is 0.0746. The Kier molecular flexibility index (Phi) is 3.91. The number of ketones is 1. The molecule has 4 heteroatoms. The Morgan fingerprint density at radius 3 is 2.15 bits per heavy atom. The summed E-state index contributed by atoms with van der Waals surface area (Å²) in [5.41, 5.74) is 0.830. The topological polar surface area (TPSA) is 84.9 Å². The van der Waals surface area contributed by atoms with Gasteiger partial charge in [-0.3, -0.25) is 4.79 Å². The number of hydrogen-bond acceptors (Lipinski definition) is 4. The molecule has 0 radical (unpaired) electrons. The van der Waals surface area contributed by atoms with Crippen molar-refractivity contribution in [3.8, 4) is 12.1 Å². The van der Waals surface area contributed by atoms with Crippen LogP contribution in [0.5, 0.6) is 0 Å². The van der Waals surface area contributed by atoms with E-state index < -0.39 is 11.9 Å². The van der Waals surface area contributed by atoms with Crippen molar-refractivity contribution in [2.24, 2.45) is 0 Å². The second-order valence-electron chi connectivity index (χ2n) is 4.12. The number of carbonyl (C=O) groups excluding carboxylic acids is 1. The van der Waals surface area contributed by atoms with Gasteiger partial charge in [0.25, 0.3) is 0 Å². The summed E-state index contributed by atoms with van der Waals surface area (Å²) in [6.07, 6.45) is -1.46. The van der Waals surface area contributed by atoms with E-state index >= 15 is 0 Å². The number of carbonyl (C=O) groups is 1. The molecule has 2 aromatic carbocycles. The average Bonchev–Trinajstić information content (AvgIpc) is 2.53. The Balaban J connectivity index is 2.44. The molecule has 0 aliphatic carbocycles. The Morgan fingerprint density at radius 1 is 0.950 bits per heavy atom. The Bertz CT molecular complexity index is 739. The van der Waals surface area contributed by atoms with Crippen molar-refractivity contribution in [3.63, 3.8) is 0 Å². The molecule has 0 saturated carbocycles. The molecule has 20 heavy (non-hydrogen) atoms. The zero-order chi connectivity index (χ0) is 14.5. The Morgan fingerprint density at radius 2 is 1.50 bits per heavy atom. The molecular weight excluding hydrogens is 252 g/mol. The first-order valence-electron chi connectivity index (χ1n) is 5.89. The summed E-state index contributed by atoms with van der Waals surface area (Å²) in [4.78, 5) is 12.3. The maximum Gasteiger partial charge on any atom is 0.197 e. The molecule has 96 valence electrons. The SMILES string of the molecule is N#Cc1ccccc1C(=O)[C@H](O)c1ccccc1C#N. The molecule has 1 N–H and O–H groups in total. The highest BCUT2D eigenvalue weighted by Gasteiger charge is 2.23. The van der Waals surface area contributed by atoms with E-state index in [1.165, 1.54) is 24.3 Å². The quantitative estimate of drug-likeness (QED) is 0.860. The van der Waals surface area contributed by atoms with Gasteiger partial charge in [0.15, 0.2) is 5.78 Å². The van der Waals surface area contributed by atoms with Crippen LogP contribution in [0, 0.1) is 22.7 Å². The van der Waals surface area contributed by atoms with E-state index in [2.05, 4.69) is 0 Å². The summed E-state index contributed by atoms with van der Waals surface area (Å²) in [6.45, 7) is 0. The highest BCUT2D eigenvalue weighted by molar-refractivity contribution is 6.02. The molecule has 0 aliphatic heterocycles. The fourth-order valence-electron chi connectivity index (χ4n) is 1.92. The van der Waals surface area contributed by atoms with E-state index in [0.717, 1.165) is 0 Å². The van der Waals surface area contributed by atoms with Gasteiger partial charge < -0.3 is 5.11 Å². The number of benzene rings is 2. The lowest BCUT2D eigenvalue weighted by atomic mass is 9.94. The molecule has 0 unspecified atom stereocenters. The van der Waals surface area contributed by atoms with Crippen LogP contribution >= 0.6 is 0 Å². The van der Waals surface area contributed by atoms with Crippen LogP contribution in [0.3, 0.4) is 0 Å². The third-order valence-electron chi connectivity index (χ3n) is 2.94. The van der Waals surface area contributed by atoms with E-state index in [1.54, 1.807) is 24.3 Å². The molecule has 1 atom stereocenters. The molecule has 0 saturated heterocycles. The van der Waals surface area contributed by atoms with Gasteiger partial charge in [-0.2, -0.15) is 10.5 Å². The highest BCUT2D eigenvalue weighted by Crippen LogP contribution is 2.23. The molecule has 0 heterocycles. The van der Waals surface area contributed by atoms with Gasteiger partial charge in [-0.05, 0) is 18.2 Å².